The van der Waals surface area contributed by atoms with Gasteiger partial charge in [0.2, 0.25) is 6.33 Å². The molecular weight excluding hydrogens is 963 g/mol. The number of fused-ring (bicyclic) bond motifs is 2. The van der Waals surface area contributed by atoms with E-state index in [1.54, 1.807) is 0 Å². The van der Waals surface area contributed by atoms with Gasteiger partial charge in [-0.2, -0.15) is 8.42 Å². The summed E-state index contributed by atoms with van der Waals surface area (Å²) in [6.45, 7) is 3.47. The van der Waals surface area contributed by atoms with Crippen molar-refractivity contribution in [3.63, 3.8) is 0 Å². The molecule has 1 aromatic heterocycles. The van der Waals surface area contributed by atoms with Crippen LogP contribution in [0.2, 0.25) is 0 Å². The normalized spacial score (nSPS) is 11.8. The van der Waals surface area contributed by atoms with E-state index in [1.165, 1.54) is 64.5 Å². The number of nitrogens with zero attached hydrogens (tertiary/aromatic N) is 2. The number of hydrogen-bond donors (Lipinski definition) is 1. The van der Waals surface area contributed by atoms with Crippen LogP contribution in [0.5, 0.6) is 5.75 Å². The molecule has 10 aromatic rings. The van der Waals surface area contributed by atoms with Crippen molar-refractivity contribution < 1.29 is 31.7 Å². The molecule has 11 heteroatoms. The first-order chi connectivity index (χ1) is 35.9. The maximum atomic E-state index is 11.0. The summed E-state index contributed by atoms with van der Waals surface area (Å²) in [5.74, 6) is 0.529. The summed E-state index contributed by atoms with van der Waals surface area (Å²) in [5, 5.41) is 12.8. The average molecular weight is 1020 g/mol. The molecule has 0 amide bonds. The fraction of sp³-hybridized carbons (Fsp3) is 0.145. The molecule has 0 unspecified atom stereocenters. The van der Waals surface area contributed by atoms with Gasteiger partial charge in [-0.3, -0.25) is 4.55 Å². The van der Waals surface area contributed by atoms with Crippen LogP contribution < -0.4 is 41.1 Å². The van der Waals surface area contributed by atoms with Gasteiger partial charge in [0.25, 0.3) is 10.1 Å². The van der Waals surface area contributed by atoms with E-state index in [4.69, 9.17) is 18.8 Å². The first-order valence-corrected chi connectivity index (χ1v) is 28.9. The Balaban J connectivity index is 0.914. The molecule has 366 valence electrons. The highest BCUT2D eigenvalue weighted by molar-refractivity contribution is 7.85. The molecule has 10 rings (SSSR count). The van der Waals surface area contributed by atoms with E-state index < -0.39 is 26.0 Å². The van der Waals surface area contributed by atoms with E-state index in [1.807, 2.05) is 40.0 Å². The zero-order valence-corrected chi connectivity index (χ0v) is 43.1. The summed E-state index contributed by atoms with van der Waals surface area (Å²) < 4.78 is 52.4. The van der Waals surface area contributed by atoms with E-state index in [9.17, 15) is 8.42 Å². The Hall–Kier alpha value is -6.80. The van der Waals surface area contributed by atoms with Crippen molar-refractivity contribution in [2.45, 2.75) is 19.5 Å². The summed E-state index contributed by atoms with van der Waals surface area (Å²) >= 11 is 0. The topological polar surface area (TPSA) is 90.9 Å². The first-order valence-electron chi connectivity index (χ1n) is 24.6. The quantitative estimate of drug-likeness (QED) is 0.0315. The molecule has 1 heterocycles. The van der Waals surface area contributed by atoms with Crippen LogP contribution in [0, 0.1) is 0 Å². The number of rotatable bonds is 22. The summed E-state index contributed by atoms with van der Waals surface area (Å²) in [5.41, 5.74) is 4.82. The lowest BCUT2D eigenvalue weighted by molar-refractivity contribution is -0.696. The van der Waals surface area contributed by atoms with E-state index in [0.29, 0.717) is 52.5 Å². The molecule has 8 nitrogen and oxygen atoms in total. The second-order valence-corrected chi connectivity index (χ2v) is 23.7. The minimum Gasteiger partial charge on any atom is -0.491 e. The van der Waals surface area contributed by atoms with Gasteiger partial charge in [0.05, 0.1) is 38.7 Å². The van der Waals surface area contributed by atoms with Crippen LogP contribution >= 0.6 is 15.8 Å². The van der Waals surface area contributed by atoms with Crippen molar-refractivity contribution in [2.24, 2.45) is 0 Å². The number of hydrogen-bond acceptors (Lipinski definition) is 5. The Kier molecular flexibility index (Phi) is 16.2. The molecule has 0 atom stereocenters. The fourth-order valence-electron chi connectivity index (χ4n) is 9.41. The summed E-state index contributed by atoms with van der Waals surface area (Å²) in [6.07, 6.45) is 6.03. The number of benzene rings is 9. The molecule has 9 aromatic carbocycles. The molecule has 73 heavy (non-hydrogen) atoms. The zero-order valence-electron chi connectivity index (χ0n) is 40.5. The largest absolute Gasteiger partial charge is 0.491 e. The highest BCUT2D eigenvalue weighted by Gasteiger charge is 2.28. The number of aromatic nitrogens is 2. The van der Waals surface area contributed by atoms with Gasteiger partial charge in [0, 0.05) is 6.42 Å². The van der Waals surface area contributed by atoms with Gasteiger partial charge in [-0.1, -0.05) is 194 Å². The highest BCUT2D eigenvalue weighted by atomic mass is 32.2. The maximum absolute atomic E-state index is 11.0. The zero-order chi connectivity index (χ0) is 49.8. The molecule has 0 bridgehead atoms. The Morgan fingerprint density at radius 1 is 0.493 bits per heavy atom. The predicted molar refractivity (Wildman–Crippen MR) is 303 cm³/mol. The molecular formula is C62H57N2O6P2S+. The van der Waals surface area contributed by atoms with Crippen LogP contribution in [-0.4, -0.2) is 56.3 Å². The molecule has 0 radical (unpaired) electrons. The minimum absolute atomic E-state index is 0.254. The monoisotopic (exact) mass is 1020 g/mol. The molecule has 0 aliphatic heterocycles. The van der Waals surface area contributed by atoms with Crippen LogP contribution in [0.3, 0.4) is 0 Å². The summed E-state index contributed by atoms with van der Waals surface area (Å²) in [4.78, 5) is 0. The summed E-state index contributed by atoms with van der Waals surface area (Å²) in [6, 6.07) is 77.9. The Morgan fingerprint density at radius 3 is 1.56 bits per heavy atom. The van der Waals surface area contributed by atoms with Crippen molar-refractivity contribution >= 4 is 79.3 Å². The second-order valence-electron chi connectivity index (χ2n) is 17.7. The smallest absolute Gasteiger partial charge is 0.265 e. The lowest BCUT2D eigenvalue weighted by atomic mass is 9.92. The highest BCUT2D eigenvalue weighted by Crippen LogP contribution is 2.46. The molecule has 0 fully saturated rings. The van der Waals surface area contributed by atoms with E-state index >= 15 is 0 Å². The lowest BCUT2D eigenvalue weighted by Crippen LogP contribution is -2.32. The third-order valence-electron chi connectivity index (χ3n) is 12.8. The molecule has 0 aliphatic rings. The lowest BCUT2D eigenvalue weighted by Gasteiger charge is -2.28. The van der Waals surface area contributed by atoms with Crippen molar-refractivity contribution in [3.8, 4) is 28.0 Å². The van der Waals surface area contributed by atoms with Gasteiger partial charge < -0.3 is 14.2 Å². The molecule has 0 saturated carbocycles. The van der Waals surface area contributed by atoms with Crippen molar-refractivity contribution in [3.05, 3.63) is 231 Å². The Morgan fingerprint density at radius 2 is 0.986 bits per heavy atom. The van der Waals surface area contributed by atoms with E-state index in [-0.39, 0.29) is 5.75 Å². The van der Waals surface area contributed by atoms with Gasteiger partial charge in [0.15, 0.2) is 0 Å². The summed E-state index contributed by atoms with van der Waals surface area (Å²) in [7, 11) is -5.89. The van der Waals surface area contributed by atoms with Crippen LogP contribution in [0.1, 0.15) is 6.42 Å². The van der Waals surface area contributed by atoms with Crippen molar-refractivity contribution in [1.29, 1.82) is 0 Å². The first kappa shape index (κ1) is 49.8. The van der Waals surface area contributed by atoms with Crippen LogP contribution in [0.4, 0.5) is 0 Å². The molecule has 0 saturated heterocycles. The SMILES string of the molecule is O=S(=O)(O)CCC[n+]1ccn(CCOCCOCCOc2ccc(-c3ccc4c(-c5c(P(c6ccccc6)c6ccccc6)ccc6ccccc56)c(P(c5ccccc5)c5ccccc5)ccc4c3)cc2)c1. The van der Waals surface area contributed by atoms with Crippen molar-refractivity contribution in [1.82, 2.24) is 4.57 Å². The predicted octanol–water partition coefficient (Wildman–Crippen LogP) is 10.3. The second kappa shape index (κ2) is 23.8. The third-order valence-corrected chi connectivity index (χ3v) is 18.6. The van der Waals surface area contributed by atoms with Gasteiger partial charge in [-0.25, -0.2) is 9.13 Å². The van der Waals surface area contributed by atoms with Gasteiger partial charge in [-0.05, 0) is 110 Å². The molecule has 0 aliphatic carbocycles. The van der Waals surface area contributed by atoms with Crippen LogP contribution in [0.15, 0.2) is 231 Å². The molecule has 1 N–H and O–H groups in total. The van der Waals surface area contributed by atoms with Gasteiger partial charge in [0.1, 0.15) is 31.3 Å². The Bertz CT molecular complexity index is 3430. The fourth-order valence-corrected chi connectivity index (χ4v) is 14.8. The average Bonchev–Trinajstić information content (AvgIpc) is 3.88. The number of ether oxygens (including phenoxy) is 3. The molecule has 0 spiro atoms. The standard InChI is InChI=1S/C62H56N2O6P2S/c65-73(66,67)45-15-36-63-37-38-64(47-63)39-40-68-41-42-69-43-44-70-52-31-26-48(27-32-52)50-28-33-58-51(46-50)30-35-60(72(55-21-9-3-10-22-55)56-23-11-4-12-24-56)62(58)61-57-25-14-13-16-49(57)29-34-59(61)71(53-17-5-1-6-18-53)54-19-7-2-8-20-54/h1-14,16-35,37-38,46-47H,15,36,39-45H2/p+1. The Labute approximate surface area is 430 Å². The van der Waals surface area contributed by atoms with E-state index in [2.05, 4.69) is 200 Å². The van der Waals surface area contributed by atoms with Crippen LogP contribution in [0.25, 0.3) is 43.8 Å². The number of aryl methyl sites for hydroxylation is 1. The minimum atomic E-state index is -3.95. The third kappa shape index (κ3) is 12.4. The van der Waals surface area contributed by atoms with Crippen molar-refractivity contribution in [2.75, 3.05) is 38.8 Å². The van der Waals surface area contributed by atoms with Gasteiger partial charge >= 0.3 is 0 Å². The van der Waals surface area contributed by atoms with Gasteiger partial charge in [-0.15, -0.1) is 0 Å². The van der Waals surface area contributed by atoms with E-state index in [0.717, 1.165) is 16.9 Å². The number of imidazole rings is 1. The van der Waals surface area contributed by atoms with Crippen LogP contribution in [-0.2, 0) is 32.7 Å². The maximum Gasteiger partial charge on any atom is 0.265 e.